The maximum absolute atomic E-state index is 14.1. The van der Waals surface area contributed by atoms with E-state index in [1.165, 1.54) is 6.07 Å². The van der Waals surface area contributed by atoms with Crippen LogP contribution in [0.3, 0.4) is 0 Å². The molecule has 0 fully saturated rings. The zero-order valence-corrected chi connectivity index (χ0v) is 9.60. The Morgan fingerprint density at radius 3 is 2.50 bits per heavy atom. The first-order valence-electron chi connectivity index (χ1n) is 5.64. The van der Waals surface area contributed by atoms with E-state index in [1.807, 2.05) is 18.2 Å². The number of anilines is 1. The Hall–Kier alpha value is -2.42. The molecule has 2 nitrogen and oxygen atoms in total. The summed E-state index contributed by atoms with van der Waals surface area (Å²) in [6, 6.07) is 12.2. The molecule has 3 aromatic rings. The van der Waals surface area contributed by atoms with E-state index in [9.17, 15) is 4.39 Å². The third-order valence-electron chi connectivity index (χ3n) is 2.97. The van der Waals surface area contributed by atoms with Crippen LogP contribution in [0.1, 0.15) is 0 Å². The van der Waals surface area contributed by atoms with Gasteiger partial charge in [0.05, 0.1) is 0 Å². The number of nitrogens with two attached hydrogens (primary N) is 1. The summed E-state index contributed by atoms with van der Waals surface area (Å²) in [6.45, 7) is 0. The van der Waals surface area contributed by atoms with Crippen molar-refractivity contribution in [1.29, 1.82) is 0 Å². The number of fused-ring (bicyclic) bond motifs is 1. The van der Waals surface area contributed by atoms with E-state index < -0.39 is 0 Å². The van der Waals surface area contributed by atoms with Gasteiger partial charge in [-0.1, -0.05) is 12.1 Å². The molecule has 0 atom stereocenters. The van der Waals surface area contributed by atoms with Gasteiger partial charge in [-0.15, -0.1) is 0 Å². The normalized spacial score (nSPS) is 10.7. The summed E-state index contributed by atoms with van der Waals surface area (Å²) in [5, 5.41) is 1.78. The van der Waals surface area contributed by atoms with Crippen LogP contribution in [-0.2, 0) is 0 Å². The van der Waals surface area contributed by atoms with Crippen LogP contribution in [0.15, 0.2) is 54.9 Å². The van der Waals surface area contributed by atoms with Crippen LogP contribution in [0.25, 0.3) is 21.9 Å². The molecule has 1 aromatic heterocycles. The Kier molecular flexibility index (Phi) is 2.45. The Morgan fingerprint density at radius 2 is 1.72 bits per heavy atom. The molecule has 0 aliphatic heterocycles. The Balaban J connectivity index is 2.33. The monoisotopic (exact) mass is 238 g/mol. The number of halogens is 1. The number of nitrogens with zero attached hydrogens (tertiary/aromatic N) is 1. The standard InChI is InChI=1S/C15H11FN2/c16-14-6-3-11-9-18-8-7-13(11)15(14)10-1-4-12(17)5-2-10/h1-9H,17H2. The van der Waals surface area contributed by atoms with E-state index in [-0.39, 0.29) is 5.82 Å². The van der Waals surface area contributed by atoms with Crippen molar-refractivity contribution in [2.24, 2.45) is 0 Å². The topological polar surface area (TPSA) is 38.9 Å². The Bertz CT molecular complexity index is 705. The Morgan fingerprint density at radius 1 is 0.944 bits per heavy atom. The van der Waals surface area contributed by atoms with E-state index in [4.69, 9.17) is 5.73 Å². The van der Waals surface area contributed by atoms with Gasteiger partial charge >= 0.3 is 0 Å². The molecule has 0 aliphatic rings. The van der Waals surface area contributed by atoms with Crippen molar-refractivity contribution in [2.45, 2.75) is 0 Å². The molecular formula is C15H11FN2. The molecule has 3 heteroatoms. The van der Waals surface area contributed by atoms with Crippen LogP contribution in [0, 0.1) is 5.82 Å². The van der Waals surface area contributed by atoms with Gasteiger partial charge in [-0.2, -0.15) is 0 Å². The summed E-state index contributed by atoms with van der Waals surface area (Å²) in [5.41, 5.74) is 7.73. The molecule has 0 spiro atoms. The first-order valence-corrected chi connectivity index (χ1v) is 5.64. The van der Waals surface area contributed by atoms with Crippen LogP contribution >= 0.6 is 0 Å². The minimum absolute atomic E-state index is 0.238. The summed E-state index contributed by atoms with van der Waals surface area (Å²) in [7, 11) is 0. The SMILES string of the molecule is Nc1ccc(-c2c(F)ccc3cnccc23)cc1. The maximum Gasteiger partial charge on any atom is 0.131 e. The third kappa shape index (κ3) is 1.70. The molecule has 0 radical (unpaired) electrons. The first-order chi connectivity index (χ1) is 8.75. The van der Waals surface area contributed by atoms with Gasteiger partial charge in [0, 0.05) is 29.0 Å². The van der Waals surface area contributed by atoms with Gasteiger partial charge in [0.15, 0.2) is 0 Å². The fourth-order valence-electron chi connectivity index (χ4n) is 2.09. The van der Waals surface area contributed by atoms with E-state index in [2.05, 4.69) is 4.98 Å². The van der Waals surface area contributed by atoms with Crippen molar-refractivity contribution in [1.82, 2.24) is 4.98 Å². The van der Waals surface area contributed by atoms with Gasteiger partial charge in [-0.25, -0.2) is 4.39 Å². The highest BCUT2D eigenvalue weighted by Gasteiger charge is 2.09. The zero-order chi connectivity index (χ0) is 12.5. The summed E-state index contributed by atoms with van der Waals surface area (Å²) in [5.74, 6) is -0.238. The second kappa shape index (κ2) is 4.11. The molecule has 2 N–H and O–H groups in total. The van der Waals surface area contributed by atoms with Crippen LogP contribution in [0.2, 0.25) is 0 Å². The molecule has 0 saturated carbocycles. The average molecular weight is 238 g/mol. The van der Waals surface area contributed by atoms with Crippen LogP contribution < -0.4 is 5.73 Å². The lowest BCUT2D eigenvalue weighted by Gasteiger charge is -2.08. The molecule has 0 saturated heterocycles. The highest BCUT2D eigenvalue weighted by atomic mass is 19.1. The first kappa shape index (κ1) is 10.7. The highest BCUT2D eigenvalue weighted by Crippen LogP contribution is 2.31. The largest absolute Gasteiger partial charge is 0.399 e. The number of nitrogen functional groups attached to an aromatic ring is 1. The van der Waals surface area contributed by atoms with Crippen molar-refractivity contribution in [3.8, 4) is 11.1 Å². The molecular weight excluding hydrogens is 227 g/mol. The van der Waals surface area contributed by atoms with E-state index in [1.54, 1.807) is 30.6 Å². The van der Waals surface area contributed by atoms with E-state index in [0.717, 1.165) is 16.3 Å². The van der Waals surface area contributed by atoms with Crippen molar-refractivity contribution < 1.29 is 4.39 Å². The predicted octanol–water partition coefficient (Wildman–Crippen LogP) is 3.62. The minimum atomic E-state index is -0.238. The lowest BCUT2D eigenvalue weighted by Crippen LogP contribution is -1.89. The lowest BCUT2D eigenvalue weighted by atomic mass is 9.99. The maximum atomic E-state index is 14.1. The number of benzene rings is 2. The molecule has 0 unspecified atom stereocenters. The number of rotatable bonds is 1. The molecule has 88 valence electrons. The fraction of sp³-hybridized carbons (Fsp3) is 0. The second-order valence-corrected chi connectivity index (χ2v) is 4.14. The smallest absolute Gasteiger partial charge is 0.131 e. The van der Waals surface area contributed by atoms with Crippen LogP contribution in [0.4, 0.5) is 10.1 Å². The lowest BCUT2D eigenvalue weighted by molar-refractivity contribution is 0.633. The number of pyridine rings is 1. The molecule has 18 heavy (non-hydrogen) atoms. The van der Waals surface area contributed by atoms with Gasteiger partial charge in [0.2, 0.25) is 0 Å². The van der Waals surface area contributed by atoms with Gasteiger partial charge in [-0.05, 0) is 41.3 Å². The molecule has 3 rings (SSSR count). The van der Waals surface area contributed by atoms with Crippen molar-refractivity contribution in [2.75, 3.05) is 5.73 Å². The quantitative estimate of drug-likeness (QED) is 0.657. The molecule has 0 aliphatic carbocycles. The van der Waals surface area contributed by atoms with Gasteiger partial charge in [0.1, 0.15) is 5.82 Å². The summed E-state index contributed by atoms with van der Waals surface area (Å²) >= 11 is 0. The molecule has 2 aromatic carbocycles. The fourth-order valence-corrected chi connectivity index (χ4v) is 2.09. The van der Waals surface area contributed by atoms with Crippen molar-refractivity contribution >= 4 is 16.5 Å². The second-order valence-electron chi connectivity index (χ2n) is 4.14. The number of aromatic nitrogens is 1. The molecule has 1 heterocycles. The van der Waals surface area contributed by atoms with Crippen molar-refractivity contribution in [3.05, 3.63) is 60.7 Å². The zero-order valence-electron chi connectivity index (χ0n) is 9.60. The number of hydrogen-bond acceptors (Lipinski definition) is 2. The van der Waals surface area contributed by atoms with Crippen LogP contribution in [0.5, 0.6) is 0 Å². The highest BCUT2D eigenvalue weighted by molar-refractivity contribution is 5.96. The number of hydrogen-bond donors (Lipinski definition) is 1. The minimum Gasteiger partial charge on any atom is -0.399 e. The predicted molar refractivity (Wildman–Crippen MR) is 71.5 cm³/mol. The van der Waals surface area contributed by atoms with E-state index in [0.29, 0.717) is 11.3 Å². The Labute approximate surface area is 104 Å². The summed E-state index contributed by atoms with van der Waals surface area (Å²) in [4.78, 5) is 4.05. The molecule has 0 amide bonds. The molecule has 0 bridgehead atoms. The summed E-state index contributed by atoms with van der Waals surface area (Å²) < 4.78 is 14.1. The average Bonchev–Trinajstić information content (AvgIpc) is 2.40. The van der Waals surface area contributed by atoms with Gasteiger partial charge in [-0.3, -0.25) is 4.98 Å². The van der Waals surface area contributed by atoms with Crippen LogP contribution in [-0.4, -0.2) is 4.98 Å². The van der Waals surface area contributed by atoms with Gasteiger partial charge in [0.25, 0.3) is 0 Å². The van der Waals surface area contributed by atoms with E-state index >= 15 is 0 Å². The van der Waals surface area contributed by atoms with Gasteiger partial charge < -0.3 is 5.73 Å². The third-order valence-corrected chi connectivity index (χ3v) is 2.97. The summed E-state index contributed by atoms with van der Waals surface area (Å²) in [6.07, 6.45) is 3.40. The van der Waals surface area contributed by atoms with Crippen molar-refractivity contribution in [3.63, 3.8) is 0 Å².